The lowest BCUT2D eigenvalue weighted by Gasteiger charge is -2.12. The molecule has 0 bridgehead atoms. The summed E-state index contributed by atoms with van der Waals surface area (Å²) in [4.78, 5) is 35.1. The summed E-state index contributed by atoms with van der Waals surface area (Å²) in [7, 11) is 0. The van der Waals surface area contributed by atoms with Gasteiger partial charge in [-0.3, -0.25) is 14.4 Å². The van der Waals surface area contributed by atoms with Crippen LogP contribution in [0.3, 0.4) is 0 Å². The van der Waals surface area contributed by atoms with Crippen LogP contribution in [0, 0.1) is 13.8 Å². The number of hydrogen-bond donors (Lipinski definition) is 3. The van der Waals surface area contributed by atoms with Crippen LogP contribution in [0.5, 0.6) is 0 Å². The van der Waals surface area contributed by atoms with E-state index < -0.39 is 5.97 Å². The van der Waals surface area contributed by atoms with E-state index in [9.17, 15) is 14.4 Å². The molecule has 6 nitrogen and oxygen atoms in total. The summed E-state index contributed by atoms with van der Waals surface area (Å²) < 4.78 is 0. The van der Waals surface area contributed by atoms with E-state index in [1.54, 1.807) is 24.3 Å². The Balaban J connectivity index is 2.08. The van der Waals surface area contributed by atoms with Gasteiger partial charge < -0.3 is 15.7 Å². The minimum atomic E-state index is -0.939. The first-order valence-corrected chi connectivity index (χ1v) is 8.35. The van der Waals surface area contributed by atoms with Crippen molar-refractivity contribution >= 4 is 29.2 Å². The molecule has 0 saturated carbocycles. The van der Waals surface area contributed by atoms with Gasteiger partial charge >= 0.3 is 5.97 Å². The summed E-state index contributed by atoms with van der Waals surface area (Å²) in [6, 6.07) is 12.5. The highest BCUT2D eigenvalue weighted by atomic mass is 16.4. The lowest BCUT2D eigenvalue weighted by Crippen LogP contribution is -2.18. The number of carbonyl (C=O) groups excluding carboxylic acids is 2. The number of anilines is 2. The predicted octanol–water partition coefficient (Wildman–Crippen LogP) is 3.75. The number of carbonyl (C=O) groups is 3. The van der Waals surface area contributed by atoms with Gasteiger partial charge in [-0.1, -0.05) is 18.2 Å². The lowest BCUT2D eigenvalue weighted by atomic mass is 10.1. The molecule has 0 heterocycles. The Kier molecular flexibility index (Phi) is 6.49. The molecule has 0 aromatic heterocycles. The fourth-order valence-corrected chi connectivity index (χ4v) is 2.65. The summed E-state index contributed by atoms with van der Waals surface area (Å²) in [6.45, 7) is 3.90. The second-order valence-electron chi connectivity index (χ2n) is 6.17. The second kappa shape index (κ2) is 8.80. The summed E-state index contributed by atoms with van der Waals surface area (Å²) in [6.07, 6.45) is 0.264. The van der Waals surface area contributed by atoms with Crippen molar-refractivity contribution in [1.29, 1.82) is 0 Å². The van der Waals surface area contributed by atoms with Gasteiger partial charge in [-0.2, -0.15) is 0 Å². The molecule has 26 heavy (non-hydrogen) atoms. The zero-order chi connectivity index (χ0) is 19.1. The lowest BCUT2D eigenvalue weighted by molar-refractivity contribution is -0.137. The van der Waals surface area contributed by atoms with Gasteiger partial charge in [0.1, 0.15) is 0 Å². The Morgan fingerprint density at radius 3 is 2.23 bits per heavy atom. The summed E-state index contributed by atoms with van der Waals surface area (Å²) in [5.74, 6) is -1.58. The fourth-order valence-electron chi connectivity index (χ4n) is 2.65. The highest BCUT2D eigenvalue weighted by molar-refractivity contribution is 6.10. The highest BCUT2D eigenvalue weighted by Crippen LogP contribution is 2.19. The van der Waals surface area contributed by atoms with E-state index in [1.165, 1.54) is 0 Å². The molecule has 6 heteroatoms. The predicted molar refractivity (Wildman–Crippen MR) is 100 cm³/mol. The summed E-state index contributed by atoms with van der Waals surface area (Å²) in [5, 5.41) is 14.2. The van der Waals surface area contributed by atoms with Crippen molar-refractivity contribution in [3.8, 4) is 0 Å². The number of nitrogens with one attached hydrogen (secondary N) is 2. The van der Waals surface area contributed by atoms with Crippen molar-refractivity contribution in [3.63, 3.8) is 0 Å². The number of carboxylic acids is 1. The fraction of sp³-hybridized carbons (Fsp3) is 0.250. The molecule has 2 rings (SSSR count). The number of benzene rings is 2. The van der Waals surface area contributed by atoms with Gasteiger partial charge in [-0.05, 0) is 55.7 Å². The zero-order valence-electron chi connectivity index (χ0n) is 14.8. The molecule has 0 unspecified atom stereocenters. The monoisotopic (exact) mass is 354 g/mol. The van der Waals surface area contributed by atoms with Crippen molar-refractivity contribution in [2.24, 2.45) is 0 Å². The van der Waals surface area contributed by atoms with Gasteiger partial charge in [0.15, 0.2) is 0 Å². The molecule has 2 aromatic carbocycles. The van der Waals surface area contributed by atoms with Gasteiger partial charge in [-0.25, -0.2) is 0 Å². The highest BCUT2D eigenvalue weighted by Gasteiger charge is 2.14. The molecule has 0 atom stereocenters. The average Bonchev–Trinajstić information content (AvgIpc) is 2.53. The topological polar surface area (TPSA) is 95.5 Å². The molecule has 2 aromatic rings. The number of hydrogen-bond acceptors (Lipinski definition) is 3. The maximum atomic E-state index is 12.6. The van der Waals surface area contributed by atoms with Crippen molar-refractivity contribution < 1.29 is 19.5 Å². The minimum absolute atomic E-state index is 0.0672. The van der Waals surface area contributed by atoms with Gasteiger partial charge in [0.2, 0.25) is 5.91 Å². The minimum Gasteiger partial charge on any atom is -0.481 e. The first-order chi connectivity index (χ1) is 12.3. The first-order valence-electron chi connectivity index (χ1n) is 8.35. The second-order valence-corrected chi connectivity index (χ2v) is 6.17. The number of para-hydroxylation sites is 1. The quantitative estimate of drug-likeness (QED) is 0.705. The molecule has 0 aliphatic carbocycles. The molecular formula is C20H22N2O4. The molecule has 3 N–H and O–H groups in total. The van der Waals surface area contributed by atoms with E-state index in [0.717, 1.165) is 11.1 Å². The zero-order valence-corrected chi connectivity index (χ0v) is 14.8. The van der Waals surface area contributed by atoms with Crippen LogP contribution in [0.15, 0.2) is 42.5 Å². The number of rotatable bonds is 7. The van der Waals surface area contributed by atoms with Gasteiger partial charge in [-0.15, -0.1) is 0 Å². The number of carboxylic acid groups (broad SMARTS) is 1. The van der Waals surface area contributed by atoms with Gasteiger partial charge in [0.05, 0.1) is 11.3 Å². The number of aryl methyl sites for hydroxylation is 2. The van der Waals surface area contributed by atoms with E-state index in [2.05, 4.69) is 10.6 Å². The molecule has 0 radical (unpaired) electrons. The Hall–Kier alpha value is -3.15. The Labute approximate surface area is 152 Å². The van der Waals surface area contributed by atoms with Crippen LogP contribution in [0.4, 0.5) is 11.4 Å². The van der Waals surface area contributed by atoms with E-state index in [0.29, 0.717) is 16.9 Å². The van der Waals surface area contributed by atoms with Crippen molar-refractivity contribution in [1.82, 2.24) is 0 Å². The van der Waals surface area contributed by atoms with Crippen LogP contribution in [0.25, 0.3) is 0 Å². The summed E-state index contributed by atoms with van der Waals surface area (Å²) in [5.41, 5.74) is 3.52. The largest absolute Gasteiger partial charge is 0.481 e. The maximum Gasteiger partial charge on any atom is 0.303 e. The van der Waals surface area contributed by atoms with E-state index in [4.69, 9.17) is 5.11 Å². The molecule has 0 saturated heterocycles. The third kappa shape index (κ3) is 5.73. The average molecular weight is 354 g/mol. The van der Waals surface area contributed by atoms with Crippen LogP contribution < -0.4 is 10.6 Å². The summed E-state index contributed by atoms with van der Waals surface area (Å²) >= 11 is 0. The maximum absolute atomic E-state index is 12.6. The van der Waals surface area contributed by atoms with Crippen molar-refractivity contribution in [3.05, 3.63) is 59.2 Å². The van der Waals surface area contributed by atoms with Crippen LogP contribution in [0.1, 0.15) is 40.7 Å². The van der Waals surface area contributed by atoms with Crippen LogP contribution in [0.2, 0.25) is 0 Å². The first kappa shape index (κ1) is 19.2. The molecule has 0 spiro atoms. The number of amides is 2. The van der Waals surface area contributed by atoms with E-state index in [1.807, 2.05) is 32.0 Å². The van der Waals surface area contributed by atoms with Gasteiger partial charge in [0, 0.05) is 18.5 Å². The van der Waals surface area contributed by atoms with Crippen molar-refractivity contribution in [2.75, 3.05) is 10.6 Å². The SMILES string of the molecule is Cc1cc(C)cc(NC(=O)c2ccccc2NC(=O)CCCC(=O)O)c1. The standard InChI is InChI=1S/C20H22N2O4/c1-13-10-14(2)12-15(11-13)21-20(26)16-6-3-4-7-17(16)22-18(23)8-5-9-19(24)25/h3-4,6-7,10-12H,5,8-9H2,1-2H3,(H,21,26)(H,22,23)(H,24,25). The molecule has 0 aliphatic rings. The van der Waals surface area contributed by atoms with Crippen LogP contribution in [-0.4, -0.2) is 22.9 Å². The number of aliphatic carboxylic acids is 1. The molecule has 136 valence electrons. The smallest absolute Gasteiger partial charge is 0.303 e. The van der Waals surface area contributed by atoms with Gasteiger partial charge in [0.25, 0.3) is 5.91 Å². The molecular weight excluding hydrogens is 332 g/mol. The van der Waals surface area contributed by atoms with E-state index in [-0.39, 0.29) is 31.1 Å². The molecule has 2 amide bonds. The Morgan fingerprint density at radius 2 is 1.58 bits per heavy atom. The third-order valence-electron chi connectivity index (χ3n) is 3.72. The van der Waals surface area contributed by atoms with Crippen LogP contribution >= 0.6 is 0 Å². The molecule has 0 fully saturated rings. The normalized spacial score (nSPS) is 10.2. The Morgan fingerprint density at radius 1 is 0.923 bits per heavy atom. The molecule has 0 aliphatic heterocycles. The third-order valence-corrected chi connectivity index (χ3v) is 3.72. The van der Waals surface area contributed by atoms with Crippen molar-refractivity contribution in [2.45, 2.75) is 33.1 Å². The van der Waals surface area contributed by atoms with E-state index >= 15 is 0 Å². The van der Waals surface area contributed by atoms with Crippen LogP contribution in [-0.2, 0) is 9.59 Å². The Bertz CT molecular complexity index is 810.